The van der Waals surface area contributed by atoms with E-state index in [0.29, 0.717) is 0 Å². The van der Waals surface area contributed by atoms with Crippen molar-refractivity contribution in [1.29, 1.82) is 0 Å². The van der Waals surface area contributed by atoms with Gasteiger partial charge in [-0.3, -0.25) is 0 Å². The smallest absolute Gasteiger partial charge is 0.161 e. The third kappa shape index (κ3) is 2.45. The summed E-state index contributed by atoms with van der Waals surface area (Å²) in [7, 11) is 3.36. The lowest BCUT2D eigenvalue weighted by Crippen LogP contribution is -2.30. The molecule has 0 fully saturated rings. The Bertz CT molecular complexity index is 626. The third-order valence-corrected chi connectivity index (χ3v) is 5.27. The normalized spacial score (nSPS) is 17.6. The number of methoxy groups -OCH3 is 2. The summed E-state index contributed by atoms with van der Waals surface area (Å²) in [5, 5.41) is 3.59. The highest BCUT2D eigenvalue weighted by Crippen LogP contribution is 2.39. The Balaban J connectivity index is 2.07. The highest BCUT2D eigenvalue weighted by atomic mass is 79.9. The molecule has 1 atom stereocenters. The van der Waals surface area contributed by atoms with Crippen LogP contribution in [0.4, 0.5) is 0 Å². The van der Waals surface area contributed by atoms with Crippen LogP contribution in [-0.2, 0) is 6.42 Å². The quantitative estimate of drug-likeness (QED) is 0.910. The van der Waals surface area contributed by atoms with Gasteiger partial charge in [-0.15, -0.1) is 11.3 Å². The number of thiophene rings is 1. The van der Waals surface area contributed by atoms with Crippen molar-refractivity contribution in [2.45, 2.75) is 12.5 Å². The lowest BCUT2D eigenvalue weighted by atomic mass is 9.93. The summed E-state index contributed by atoms with van der Waals surface area (Å²) in [6.07, 6.45) is 1.01. The van der Waals surface area contributed by atoms with Crippen LogP contribution in [0, 0.1) is 0 Å². The van der Waals surface area contributed by atoms with E-state index in [0.717, 1.165) is 28.3 Å². The molecule has 0 saturated carbocycles. The molecule has 0 bridgehead atoms. The first-order valence-electron chi connectivity index (χ1n) is 6.46. The molecule has 0 amide bonds. The zero-order valence-electron chi connectivity index (χ0n) is 11.4. The van der Waals surface area contributed by atoms with Crippen LogP contribution >= 0.6 is 27.3 Å². The highest BCUT2D eigenvalue weighted by Gasteiger charge is 2.24. The van der Waals surface area contributed by atoms with Crippen molar-refractivity contribution < 1.29 is 9.47 Å². The average Bonchev–Trinajstić information content (AvgIpc) is 2.91. The zero-order valence-corrected chi connectivity index (χ0v) is 13.8. The van der Waals surface area contributed by atoms with E-state index < -0.39 is 0 Å². The number of benzene rings is 1. The number of hydrogen-bond acceptors (Lipinski definition) is 4. The molecule has 5 heteroatoms. The lowest BCUT2D eigenvalue weighted by Gasteiger charge is -2.27. The molecule has 20 heavy (non-hydrogen) atoms. The van der Waals surface area contributed by atoms with Crippen LogP contribution in [0.3, 0.4) is 0 Å². The van der Waals surface area contributed by atoms with E-state index in [4.69, 9.17) is 9.47 Å². The first-order chi connectivity index (χ1) is 9.72. The molecule has 0 spiro atoms. The van der Waals surface area contributed by atoms with Gasteiger partial charge in [-0.1, -0.05) is 0 Å². The molecule has 1 N–H and O–H groups in total. The summed E-state index contributed by atoms with van der Waals surface area (Å²) in [5.41, 5.74) is 2.61. The molecule has 3 nitrogen and oxygen atoms in total. The fourth-order valence-electron chi connectivity index (χ4n) is 2.62. The van der Waals surface area contributed by atoms with Gasteiger partial charge in [0.1, 0.15) is 0 Å². The van der Waals surface area contributed by atoms with Crippen LogP contribution in [0.15, 0.2) is 28.1 Å². The summed E-state index contributed by atoms with van der Waals surface area (Å²) in [6, 6.07) is 8.69. The van der Waals surface area contributed by atoms with E-state index in [2.05, 4.69) is 45.5 Å². The zero-order chi connectivity index (χ0) is 14.1. The van der Waals surface area contributed by atoms with Gasteiger partial charge < -0.3 is 14.8 Å². The minimum absolute atomic E-state index is 0.231. The first kappa shape index (κ1) is 13.9. The van der Waals surface area contributed by atoms with Crippen LogP contribution in [0.5, 0.6) is 11.5 Å². The van der Waals surface area contributed by atoms with Crippen molar-refractivity contribution in [1.82, 2.24) is 5.32 Å². The molecule has 2 aromatic rings. The molecule has 2 heterocycles. The fraction of sp³-hybridized carbons (Fsp3) is 0.333. The van der Waals surface area contributed by atoms with Crippen LogP contribution in [0.25, 0.3) is 0 Å². The van der Waals surface area contributed by atoms with Crippen molar-refractivity contribution in [3.8, 4) is 11.5 Å². The van der Waals surface area contributed by atoms with E-state index in [1.165, 1.54) is 16.0 Å². The highest BCUT2D eigenvalue weighted by molar-refractivity contribution is 9.11. The van der Waals surface area contributed by atoms with E-state index in [1.807, 2.05) is 0 Å². The Kier molecular flexibility index (Phi) is 4.01. The van der Waals surface area contributed by atoms with Gasteiger partial charge in [-0.2, -0.15) is 0 Å². The summed E-state index contributed by atoms with van der Waals surface area (Å²) < 4.78 is 12.0. The van der Waals surface area contributed by atoms with E-state index in [-0.39, 0.29) is 6.04 Å². The maximum absolute atomic E-state index is 5.43. The second kappa shape index (κ2) is 5.76. The molecule has 1 aliphatic heterocycles. The van der Waals surface area contributed by atoms with Crippen molar-refractivity contribution in [2.24, 2.45) is 0 Å². The van der Waals surface area contributed by atoms with Gasteiger partial charge >= 0.3 is 0 Å². The van der Waals surface area contributed by atoms with Crippen LogP contribution in [-0.4, -0.2) is 20.8 Å². The Morgan fingerprint density at radius 1 is 1.20 bits per heavy atom. The molecule has 1 aromatic carbocycles. The number of halogens is 1. The minimum Gasteiger partial charge on any atom is -0.493 e. The first-order valence-corrected chi connectivity index (χ1v) is 8.07. The summed E-state index contributed by atoms with van der Waals surface area (Å²) in [4.78, 5) is 1.31. The van der Waals surface area contributed by atoms with Gasteiger partial charge in [-0.05, 0) is 57.7 Å². The van der Waals surface area contributed by atoms with Crippen LogP contribution in [0.2, 0.25) is 0 Å². The molecule has 0 saturated heterocycles. The van der Waals surface area contributed by atoms with Crippen molar-refractivity contribution in [3.05, 3.63) is 44.1 Å². The van der Waals surface area contributed by atoms with E-state index >= 15 is 0 Å². The Morgan fingerprint density at radius 2 is 1.95 bits per heavy atom. The summed E-state index contributed by atoms with van der Waals surface area (Å²) in [6.45, 7) is 0.975. The Morgan fingerprint density at radius 3 is 2.60 bits per heavy atom. The largest absolute Gasteiger partial charge is 0.493 e. The van der Waals surface area contributed by atoms with Crippen LogP contribution in [0.1, 0.15) is 22.0 Å². The number of ether oxygens (including phenoxy) is 2. The molecule has 1 aliphatic rings. The van der Waals surface area contributed by atoms with Gasteiger partial charge in [0.2, 0.25) is 0 Å². The van der Waals surface area contributed by atoms with Crippen molar-refractivity contribution in [3.63, 3.8) is 0 Å². The monoisotopic (exact) mass is 353 g/mol. The third-order valence-electron chi connectivity index (χ3n) is 3.58. The summed E-state index contributed by atoms with van der Waals surface area (Å²) >= 11 is 5.30. The van der Waals surface area contributed by atoms with E-state index in [9.17, 15) is 0 Å². The molecule has 0 radical (unpaired) electrons. The molecule has 1 aromatic heterocycles. The fourth-order valence-corrected chi connectivity index (χ4v) is 4.14. The molecule has 3 rings (SSSR count). The molecule has 106 valence electrons. The van der Waals surface area contributed by atoms with Gasteiger partial charge in [0.25, 0.3) is 0 Å². The number of hydrogen-bond donors (Lipinski definition) is 1. The molecular formula is C15H16BrNO2S. The second-order valence-corrected chi connectivity index (χ2v) is 7.18. The Hall–Kier alpha value is -1.04. The maximum Gasteiger partial charge on any atom is 0.161 e. The number of rotatable bonds is 3. The van der Waals surface area contributed by atoms with Gasteiger partial charge in [0.05, 0.1) is 24.0 Å². The predicted octanol–water partition coefficient (Wildman–Crippen LogP) is 3.76. The lowest BCUT2D eigenvalue weighted by molar-refractivity contribution is 0.353. The minimum atomic E-state index is 0.231. The van der Waals surface area contributed by atoms with Gasteiger partial charge in [0.15, 0.2) is 11.5 Å². The maximum atomic E-state index is 5.43. The van der Waals surface area contributed by atoms with Crippen LogP contribution < -0.4 is 14.8 Å². The van der Waals surface area contributed by atoms with Crippen molar-refractivity contribution in [2.75, 3.05) is 20.8 Å². The number of fused-ring (bicyclic) bond motifs is 1. The predicted molar refractivity (Wildman–Crippen MR) is 85.1 cm³/mol. The molecule has 1 unspecified atom stereocenters. The van der Waals surface area contributed by atoms with Gasteiger partial charge in [-0.25, -0.2) is 0 Å². The standard InChI is InChI=1S/C15H16BrNO2S/c1-18-11-7-9-5-6-17-15(10(9)8-12(11)19-2)13-3-4-14(16)20-13/h3-4,7-8,15,17H,5-6H2,1-2H3. The van der Waals surface area contributed by atoms with Crippen molar-refractivity contribution >= 4 is 27.3 Å². The SMILES string of the molecule is COc1cc2c(cc1OC)C(c1ccc(Br)s1)NCC2. The summed E-state index contributed by atoms with van der Waals surface area (Å²) in [5.74, 6) is 1.59. The topological polar surface area (TPSA) is 30.5 Å². The average molecular weight is 354 g/mol. The Labute approximate surface area is 131 Å². The van der Waals surface area contributed by atoms with E-state index in [1.54, 1.807) is 25.6 Å². The second-order valence-electron chi connectivity index (χ2n) is 4.69. The molecule has 0 aliphatic carbocycles. The molecular weight excluding hydrogens is 338 g/mol. The number of nitrogens with one attached hydrogen (secondary N) is 1. The van der Waals surface area contributed by atoms with Gasteiger partial charge in [0, 0.05) is 11.4 Å².